The molecule has 0 atom stereocenters. The largest absolute Gasteiger partial charge is 0.222 e. The Morgan fingerprint density at radius 3 is 2.30 bits per heavy atom. The van der Waals surface area contributed by atoms with Gasteiger partial charge in [0.05, 0.1) is 9.50 Å². The molecule has 0 unspecified atom stereocenters. The van der Waals surface area contributed by atoms with Crippen molar-refractivity contribution in [2.24, 2.45) is 0 Å². The van der Waals surface area contributed by atoms with Gasteiger partial charge in [0.2, 0.25) is 0 Å². The van der Waals surface area contributed by atoms with Gasteiger partial charge in [0.15, 0.2) is 0 Å². The summed E-state index contributed by atoms with van der Waals surface area (Å²) >= 11 is 19.9. The molecular formula is C5HBrCl3N. The normalized spacial score (nSPS) is 10.0. The van der Waals surface area contributed by atoms with Crippen LogP contribution in [0.4, 0.5) is 0 Å². The van der Waals surface area contributed by atoms with Crippen molar-refractivity contribution >= 4 is 50.7 Å². The molecule has 0 saturated carbocycles. The molecule has 10 heavy (non-hydrogen) atoms. The van der Waals surface area contributed by atoms with E-state index in [0.29, 0.717) is 14.6 Å². The van der Waals surface area contributed by atoms with Gasteiger partial charge in [-0.1, -0.05) is 34.8 Å². The van der Waals surface area contributed by atoms with E-state index in [-0.39, 0.29) is 5.15 Å². The van der Waals surface area contributed by atoms with Crippen LogP contribution in [0.2, 0.25) is 15.3 Å². The quantitative estimate of drug-likeness (QED) is 0.647. The molecule has 0 N–H and O–H groups in total. The Hall–Kier alpha value is 0.500. The van der Waals surface area contributed by atoms with Crippen molar-refractivity contribution in [3.05, 3.63) is 25.9 Å². The number of hydrogen-bond donors (Lipinski definition) is 0. The van der Waals surface area contributed by atoms with Crippen LogP contribution < -0.4 is 0 Å². The molecule has 0 aromatic carbocycles. The SMILES string of the molecule is Clc1cc(Br)c(Cl)nc1Cl. The van der Waals surface area contributed by atoms with E-state index in [9.17, 15) is 0 Å². The fraction of sp³-hybridized carbons (Fsp3) is 0. The van der Waals surface area contributed by atoms with E-state index in [1.54, 1.807) is 6.07 Å². The number of rotatable bonds is 0. The molecule has 0 aliphatic rings. The Morgan fingerprint density at radius 2 is 1.80 bits per heavy atom. The number of hydrogen-bond acceptors (Lipinski definition) is 1. The molecule has 0 radical (unpaired) electrons. The maximum atomic E-state index is 5.60. The number of aromatic nitrogens is 1. The lowest BCUT2D eigenvalue weighted by Gasteiger charge is -1.96. The smallest absolute Gasteiger partial charge is 0.149 e. The minimum Gasteiger partial charge on any atom is -0.222 e. The van der Waals surface area contributed by atoms with Crippen LogP contribution in [0.25, 0.3) is 0 Å². The number of halogens is 4. The summed E-state index contributed by atoms with van der Waals surface area (Å²) in [5, 5.41) is 0.919. The lowest BCUT2D eigenvalue weighted by atomic mass is 10.5. The topological polar surface area (TPSA) is 12.9 Å². The minimum absolute atomic E-state index is 0.217. The van der Waals surface area contributed by atoms with Gasteiger partial charge in [-0.3, -0.25) is 0 Å². The molecule has 1 rings (SSSR count). The van der Waals surface area contributed by atoms with E-state index < -0.39 is 0 Å². The predicted molar refractivity (Wildman–Crippen MR) is 47.0 cm³/mol. The third-order valence-corrected chi connectivity index (χ3v) is 2.64. The Labute approximate surface area is 81.4 Å². The molecule has 1 nitrogen and oxygen atoms in total. The molecule has 1 aromatic rings. The summed E-state index contributed by atoms with van der Waals surface area (Å²) in [5.74, 6) is 0. The highest BCUT2D eigenvalue weighted by Crippen LogP contribution is 2.28. The summed E-state index contributed by atoms with van der Waals surface area (Å²) in [6.07, 6.45) is 0. The van der Waals surface area contributed by atoms with Gasteiger partial charge in [-0.15, -0.1) is 0 Å². The summed E-state index contributed by atoms with van der Waals surface area (Å²) in [6, 6.07) is 1.60. The van der Waals surface area contributed by atoms with Crippen LogP contribution in [-0.2, 0) is 0 Å². The van der Waals surface area contributed by atoms with Crippen molar-refractivity contribution in [2.75, 3.05) is 0 Å². The zero-order chi connectivity index (χ0) is 7.72. The van der Waals surface area contributed by atoms with Crippen LogP contribution in [0.5, 0.6) is 0 Å². The first-order chi connectivity index (χ1) is 4.61. The minimum atomic E-state index is 0.217. The van der Waals surface area contributed by atoms with Crippen LogP contribution in [-0.4, -0.2) is 4.98 Å². The Balaban J connectivity index is 3.28. The molecular weight excluding hydrogens is 260 g/mol. The molecule has 0 spiro atoms. The van der Waals surface area contributed by atoms with E-state index in [2.05, 4.69) is 20.9 Å². The van der Waals surface area contributed by atoms with E-state index in [1.165, 1.54) is 0 Å². The summed E-state index contributed by atoms with van der Waals surface area (Å²) in [6.45, 7) is 0. The summed E-state index contributed by atoms with van der Waals surface area (Å²) < 4.78 is 0.642. The van der Waals surface area contributed by atoms with Gasteiger partial charge >= 0.3 is 0 Å². The van der Waals surface area contributed by atoms with Crippen LogP contribution in [0, 0.1) is 0 Å². The molecule has 0 aliphatic carbocycles. The van der Waals surface area contributed by atoms with Crippen LogP contribution >= 0.6 is 50.7 Å². The van der Waals surface area contributed by atoms with Crippen molar-refractivity contribution in [1.82, 2.24) is 4.98 Å². The standard InChI is InChI=1S/C5HBrCl3N/c6-2-1-3(7)5(9)10-4(2)8/h1H. The predicted octanol–water partition coefficient (Wildman–Crippen LogP) is 3.80. The highest BCUT2D eigenvalue weighted by Gasteiger charge is 2.03. The monoisotopic (exact) mass is 259 g/mol. The first kappa shape index (κ1) is 8.60. The molecule has 0 amide bonds. The molecule has 1 aromatic heterocycles. The Morgan fingerprint density at radius 1 is 1.20 bits per heavy atom. The van der Waals surface area contributed by atoms with Crippen molar-refractivity contribution < 1.29 is 0 Å². The van der Waals surface area contributed by atoms with Crippen LogP contribution in [0.3, 0.4) is 0 Å². The van der Waals surface area contributed by atoms with Gasteiger partial charge in [-0.2, -0.15) is 0 Å². The molecule has 54 valence electrons. The lowest BCUT2D eigenvalue weighted by Crippen LogP contribution is -1.79. The van der Waals surface area contributed by atoms with E-state index >= 15 is 0 Å². The van der Waals surface area contributed by atoms with E-state index in [4.69, 9.17) is 34.8 Å². The van der Waals surface area contributed by atoms with Gasteiger partial charge in [-0.25, -0.2) is 4.98 Å². The summed E-state index contributed by atoms with van der Waals surface area (Å²) in [5.41, 5.74) is 0. The first-order valence-electron chi connectivity index (χ1n) is 2.28. The van der Waals surface area contributed by atoms with Crippen molar-refractivity contribution in [1.29, 1.82) is 0 Å². The third-order valence-electron chi connectivity index (χ3n) is 0.844. The number of nitrogens with zero attached hydrogens (tertiary/aromatic N) is 1. The fourth-order valence-corrected chi connectivity index (χ4v) is 1.35. The maximum absolute atomic E-state index is 5.60. The highest BCUT2D eigenvalue weighted by atomic mass is 79.9. The van der Waals surface area contributed by atoms with Gasteiger partial charge in [0.25, 0.3) is 0 Å². The second-order valence-corrected chi connectivity index (χ2v) is 3.51. The summed E-state index contributed by atoms with van der Waals surface area (Å²) in [7, 11) is 0. The molecule has 0 aliphatic heterocycles. The van der Waals surface area contributed by atoms with E-state index in [0.717, 1.165) is 0 Å². The highest BCUT2D eigenvalue weighted by molar-refractivity contribution is 9.10. The molecule has 0 saturated heterocycles. The van der Waals surface area contributed by atoms with Crippen molar-refractivity contribution in [3.8, 4) is 0 Å². The molecule has 5 heteroatoms. The van der Waals surface area contributed by atoms with Crippen molar-refractivity contribution in [3.63, 3.8) is 0 Å². The van der Waals surface area contributed by atoms with E-state index in [1.807, 2.05) is 0 Å². The molecule has 0 bridgehead atoms. The zero-order valence-corrected chi connectivity index (χ0v) is 8.39. The maximum Gasteiger partial charge on any atom is 0.149 e. The van der Waals surface area contributed by atoms with Gasteiger partial charge < -0.3 is 0 Å². The van der Waals surface area contributed by atoms with Gasteiger partial charge in [0, 0.05) is 0 Å². The average Bonchev–Trinajstić information content (AvgIpc) is 1.84. The second kappa shape index (κ2) is 3.26. The van der Waals surface area contributed by atoms with Crippen LogP contribution in [0.15, 0.2) is 10.5 Å². The average molecular weight is 261 g/mol. The fourth-order valence-electron chi connectivity index (χ4n) is 0.423. The first-order valence-corrected chi connectivity index (χ1v) is 4.21. The van der Waals surface area contributed by atoms with Gasteiger partial charge in [-0.05, 0) is 22.0 Å². The summed E-state index contributed by atoms with van der Waals surface area (Å²) in [4.78, 5) is 3.72. The Bertz CT molecular complexity index is 213. The van der Waals surface area contributed by atoms with Crippen molar-refractivity contribution in [2.45, 2.75) is 0 Å². The second-order valence-electron chi connectivity index (χ2n) is 1.53. The molecule has 1 heterocycles. The molecule has 0 fully saturated rings. The lowest BCUT2D eigenvalue weighted by molar-refractivity contribution is 1.31. The zero-order valence-electron chi connectivity index (χ0n) is 4.54. The Kier molecular flexibility index (Phi) is 2.81. The number of pyridine rings is 1. The third kappa shape index (κ3) is 1.76. The van der Waals surface area contributed by atoms with Gasteiger partial charge in [0.1, 0.15) is 10.3 Å². The van der Waals surface area contributed by atoms with Crippen LogP contribution in [0.1, 0.15) is 0 Å².